The second-order valence-corrected chi connectivity index (χ2v) is 3.85. The minimum Gasteiger partial charge on any atom is -0.425 e. The van der Waals surface area contributed by atoms with Crippen LogP contribution in [0.1, 0.15) is 40.5 Å². The van der Waals surface area contributed by atoms with Crippen LogP contribution in [0.4, 0.5) is 0 Å². The normalized spacial score (nSPS) is 12.1. The highest BCUT2D eigenvalue weighted by molar-refractivity contribution is 5.81. The molecule has 0 radical (unpaired) electrons. The molecule has 0 aliphatic heterocycles. The van der Waals surface area contributed by atoms with Gasteiger partial charge in [0, 0.05) is 13.3 Å². The highest BCUT2D eigenvalue weighted by atomic mass is 16.7. The van der Waals surface area contributed by atoms with E-state index >= 15 is 0 Å². The lowest BCUT2D eigenvalue weighted by Gasteiger charge is -2.15. The summed E-state index contributed by atoms with van der Waals surface area (Å²) in [5.41, 5.74) is 0. The molecule has 0 saturated heterocycles. The van der Waals surface area contributed by atoms with Crippen molar-refractivity contribution in [2.75, 3.05) is 0 Å². The minimum absolute atomic E-state index is 0.0128. The van der Waals surface area contributed by atoms with Gasteiger partial charge >= 0.3 is 11.9 Å². The molecule has 5 nitrogen and oxygen atoms in total. The second-order valence-electron chi connectivity index (χ2n) is 3.85. The summed E-state index contributed by atoms with van der Waals surface area (Å²) >= 11 is 0. The van der Waals surface area contributed by atoms with Crippen LogP contribution < -0.4 is 0 Å². The summed E-state index contributed by atoms with van der Waals surface area (Å²) in [4.78, 5) is 32.9. The molecule has 0 saturated carbocycles. The molecule has 0 aromatic rings. The van der Waals surface area contributed by atoms with Crippen molar-refractivity contribution in [3.63, 3.8) is 0 Å². The van der Waals surface area contributed by atoms with Gasteiger partial charge in [-0.25, -0.2) is 0 Å². The van der Waals surface area contributed by atoms with Gasteiger partial charge in [0.15, 0.2) is 0 Å². The van der Waals surface area contributed by atoms with Crippen LogP contribution in [-0.4, -0.2) is 24.0 Å². The average Bonchev–Trinajstić information content (AvgIpc) is 2.14. The van der Waals surface area contributed by atoms with Gasteiger partial charge < -0.3 is 14.3 Å². The third kappa shape index (κ3) is 6.98. The van der Waals surface area contributed by atoms with Crippen LogP contribution in [-0.2, 0) is 23.9 Å². The van der Waals surface area contributed by atoms with Crippen LogP contribution in [0.5, 0.6) is 0 Å². The molecule has 92 valence electrons. The van der Waals surface area contributed by atoms with Gasteiger partial charge in [-0.1, -0.05) is 13.8 Å². The zero-order valence-corrected chi connectivity index (χ0v) is 10.1. The molecule has 5 heteroatoms. The molecule has 1 atom stereocenters. The Labute approximate surface area is 95.1 Å². The Bertz CT molecular complexity index is 270. The van der Waals surface area contributed by atoms with E-state index in [0.29, 0.717) is 0 Å². The van der Waals surface area contributed by atoms with Crippen molar-refractivity contribution in [2.24, 2.45) is 5.92 Å². The summed E-state index contributed by atoms with van der Waals surface area (Å²) in [7, 11) is 0. The molecule has 16 heavy (non-hydrogen) atoms. The summed E-state index contributed by atoms with van der Waals surface area (Å²) < 4.78 is 9.61. The van der Waals surface area contributed by atoms with Gasteiger partial charge in [0.25, 0.3) is 0 Å². The first-order valence-electron chi connectivity index (χ1n) is 5.22. The molecule has 0 aliphatic rings. The lowest BCUT2D eigenvalue weighted by Crippen LogP contribution is -2.24. The van der Waals surface area contributed by atoms with Crippen LogP contribution in [0.2, 0.25) is 0 Å². The Kier molecular flexibility index (Phi) is 6.37. The maximum atomic E-state index is 11.1. The first kappa shape index (κ1) is 14.6. The van der Waals surface area contributed by atoms with Crippen LogP contribution in [0.3, 0.4) is 0 Å². The van der Waals surface area contributed by atoms with Crippen LogP contribution in [0, 0.1) is 5.92 Å². The Balaban J connectivity index is 3.86. The van der Waals surface area contributed by atoms with Crippen molar-refractivity contribution in [3.05, 3.63) is 0 Å². The third-order valence-corrected chi connectivity index (χ3v) is 1.73. The monoisotopic (exact) mass is 230 g/mol. The number of esters is 2. The minimum atomic E-state index is -0.908. The Morgan fingerprint density at radius 3 is 2.00 bits per heavy atom. The van der Waals surface area contributed by atoms with Gasteiger partial charge in [-0.3, -0.25) is 9.59 Å². The summed E-state index contributed by atoms with van der Waals surface area (Å²) in [5, 5.41) is 0. The molecule has 0 spiro atoms. The van der Waals surface area contributed by atoms with Gasteiger partial charge in [-0.15, -0.1) is 0 Å². The summed E-state index contributed by atoms with van der Waals surface area (Å²) in [6.45, 7) is 6.24. The fourth-order valence-electron chi connectivity index (χ4n) is 0.846. The number of ketones is 1. The summed E-state index contributed by atoms with van der Waals surface area (Å²) in [6.07, 6.45) is -0.753. The smallest absolute Gasteiger partial charge is 0.311 e. The van der Waals surface area contributed by atoms with Crippen molar-refractivity contribution >= 4 is 17.7 Å². The molecule has 0 N–H and O–H groups in total. The average molecular weight is 230 g/mol. The standard InChI is InChI=1S/C11H18O5/c1-7(2)11(14)16-9(4)15-10(13)6-5-8(3)12/h7,9H,5-6H2,1-4H3. The molecule has 0 rings (SSSR count). The Hall–Kier alpha value is -1.39. The molecule has 0 bridgehead atoms. The quantitative estimate of drug-likeness (QED) is 0.510. The zero-order valence-electron chi connectivity index (χ0n) is 10.1. The molecule has 0 aromatic heterocycles. The largest absolute Gasteiger partial charge is 0.425 e. The number of hydrogen-bond donors (Lipinski definition) is 0. The molecular weight excluding hydrogens is 212 g/mol. The van der Waals surface area contributed by atoms with E-state index in [-0.39, 0.29) is 24.5 Å². The van der Waals surface area contributed by atoms with Crippen LogP contribution in [0.25, 0.3) is 0 Å². The van der Waals surface area contributed by atoms with E-state index in [1.165, 1.54) is 13.8 Å². The lowest BCUT2D eigenvalue weighted by molar-refractivity contribution is -0.187. The molecule has 0 heterocycles. The van der Waals surface area contributed by atoms with E-state index < -0.39 is 18.2 Å². The number of carbonyl (C=O) groups is 3. The van der Waals surface area contributed by atoms with Gasteiger partial charge in [-0.2, -0.15) is 0 Å². The fourth-order valence-corrected chi connectivity index (χ4v) is 0.846. The predicted molar refractivity (Wildman–Crippen MR) is 56.4 cm³/mol. The predicted octanol–water partition coefficient (Wildman–Crippen LogP) is 1.44. The number of carbonyl (C=O) groups excluding carboxylic acids is 3. The van der Waals surface area contributed by atoms with Gasteiger partial charge in [0.2, 0.25) is 6.29 Å². The van der Waals surface area contributed by atoms with E-state index in [1.54, 1.807) is 13.8 Å². The molecule has 0 aromatic carbocycles. The van der Waals surface area contributed by atoms with E-state index in [2.05, 4.69) is 0 Å². The summed E-state index contributed by atoms with van der Waals surface area (Å²) in [6, 6.07) is 0. The molecular formula is C11H18O5. The molecule has 0 aliphatic carbocycles. The molecule has 0 fully saturated rings. The highest BCUT2D eigenvalue weighted by Crippen LogP contribution is 2.04. The van der Waals surface area contributed by atoms with E-state index in [4.69, 9.17) is 9.47 Å². The highest BCUT2D eigenvalue weighted by Gasteiger charge is 2.16. The van der Waals surface area contributed by atoms with Crippen LogP contribution >= 0.6 is 0 Å². The Morgan fingerprint density at radius 1 is 1.00 bits per heavy atom. The summed E-state index contributed by atoms with van der Waals surface area (Å²) in [5.74, 6) is -1.31. The first-order valence-corrected chi connectivity index (χ1v) is 5.22. The number of hydrogen-bond acceptors (Lipinski definition) is 5. The first-order chi connectivity index (χ1) is 7.32. The van der Waals surface area contributed by atoms with Gasteiger partial charge in [0.05, 0.1) is 12.3 Å². The van der Waals surface area contributed by atoms with Crippen molar-refractivity contribution < 1.29 is 23.9 Å². The van der Waals surface area contributed by atoms with E-state index in [0.717, 1.165) is 0 Å². The Morgan fingerprint density at radius 2 is 1.56 bits per heavy atom. The maximum absolute atomic E-state index is 11.1. The van der Waals surface area contributed by atoms with Crippen molar-refractivity contribution in [1.29, 1.82) is 0 Å². The topological polar surface area (TPSA) is 69.7 Å². The van der Waals surface area contributed by atoms with Gasteiger partial charge in [-0.05, 0) is 6.92 Å². The van der Waals surface area contributed by atoms with Gasteiger partial charge in [0.1, 0.15) is 5.78 Å². The zero-order chi connectivity index (χ0) is 12.7. The van der Waals surface area contributed by atoms with Crippen LogP contribution in [0.15, 0.2) is 0 Å². The SMILES string of the molecule is CC(=O)CCC(=O)OC(C)OC(=O)C(C)C. The third-order valence-electron chi connectivity index (χ3n) is 1.73. The number of rotatable bonds is 6. The number of ether oxygens (including phenoxy) is 2. The van der Waals surface area contributed by atoms with Crippen molar-refractivity contribution in [1.82, 2.24) is 0 Å². The van der Waals surface area contributed by atoms with E-state index in [9.17, 15) is 14.4 Å². The van der Waals surface area contributed by atoms with Crippen molar-refractivity contribution in [3.8, 4) is 0 Å². The maximum Gasteiger partial charge on any atom is 0.311 e. The number of Topliss-reactive ketones (excluding diaryl/α,β-unsaturated/α-hetero) is 1. The lowest BCUT2D eigenvalue weighted by atomic mass is 10.2. The molecule has 0 amide bonds. The molecule has 1 unspecified atom stereocenters. The fraction of sp³-hybridized carbons (Fsp3) is 0.727. The van der Waals surface area contributed by atoms with Crippen molar-refractivity contribution in [2.45, 2.75) is 46.8 Å². The second kappa shape index (κ2) is 6.98. The van der Waals surface area contributed by atoms with E-state index in [1.807, 2.05) is 0 Å².